The van der Waals surface area contributed by atoms with Gasteiger partial charge in [-0.25, -0.2) is 14.8 Å². The average Bonchev–Trinajstić information content (AvgIpc) is 2.75. The molecular weight excluding hydrogens is 226 g/mol. The van der Waals surface area contributed by atoms with Gasteiger partial charge in [-0.15, -0.1) is 0 Å². The minimum atomic E-state index is -1.12. The van der Waals surface area contributed by atoms with Crippen LogP contribution in [0.1, 0.15) is 16.9 Å². The van der Waals surface area contributed by atoms with E-state index in [2.05, 4.69) is 15.3 Å². The van der Waals surface area contributed by atoms with Crippen molar-refractivity contribution in [1.82, 2.24) is 9.97 Å². The van der Waals surface area contributed by atoms with E-state index in [0.29, 0.717) is 32.0 Å². The zero-order valence-electron chi connectivity index (χ0n) is 9.09. The van der Waals surface area contributed by atoms with E-state index >= 15 is 0 Å². The number of anilines is 1. The Kier molecular flexibility index (Phi) is 3.21. The molecular formula is C10H13N3O4. The molecule has 0 amide bonds. The fraction of sp³-hybridized carbons (Fsp3) is 0.500. The number of aromatic carboxylic acids is 1. The summed E-state index contributed by atoms with van der Waals surface area (Å²) in [5.74, 6) is -0.692. The van der Waals surface area contributed by atoms with E-state index in [4.69, 9.17) is 9.84 Å². The number of nitrogens with zero attached hydrogens (tertiary/aromatic N) is 2. The van der Waals surface area contributed by atoms with Crippen molar-refractivity contribution >= 4 is 11.8 Å². The first-order valence-corrected chi connectivity index (χ1v) is 5.18. The first-order chi connectivity index (χ1) is 8.09. The summed E-state index contributed by atoms with van der Waals surface area (Å²) < 4.78 is 5.10. The average molecular weight is 239 g/mol. The van der Waals surface area contributed by atoms with E-state index in [0.717, 1.165) is 0 Å². The van der Waals surface area contributed by atoms with Crippen LogP contribution < -0.4 is 5.32 Å². The van der Waals surface area contributed by atoms with Crippen LogP contribution in [0, 0.1) is 0 Å². The van der Waals surface area contributed by atoms with Crippen LogP contribution in [0.2, 0.25) is 0 Å². The van der Waals surface area contributed by atoms with Crippen LogP contribution in [-0.2, 0) is 4.74 Å². The molecule has 92 valence electrons. The second-order valence-corrected chi connectivity index (χ2v) is 3.97. The minimum Gasteiger partial charge on any atom is -0.476 e. The van der Waals surface area contributed by atoms with Crippen molar-refractivity contribution in [3.05, 3.63) is 18.1 Å². The van der Waals surface area contributed by atoms with E-state index < -0.39 is 11.6 Å². The number of carboxylic acids is 1. The molecule has 1 aromatic heterocycles. The molecule has 1 fully saturated rings. The van der Waals surface area contributed by atoms with Gasteiger partial charge in [0, 0.05) is 19.6 Å². The summed E-state index contributed by atoms with van der Waals surface area (Å²) in [6.07, 6.45) is 3.06. The number of hydrogen-bond acceptors (Lipinski definition) is 6. The molecule has 0 spiro atoms. The smallest absolute Gasteiger partial charge is 0.356 e. The molecule has 2 heterocycles. The molecule has 0 aliphatic carbocycles. The lowest BCUT2D eigenvalue weighted by Gasteiger charge is -2.20. The summed E-state index contributed by atoms with van der Waals surface area (Å²) in [6.45, 7) is 1.14. The largest absolute Gasteiger partial charge is 0.476 e. The Bertz CT molecular complexity index is 401. The Morgan fingerprint density at radius 1 is 1.53 bits per heavy atom. The number of aliphatic hydroxyl groups is 1. The molecule has 2 rings (SSSR count). The lowest BCUT2D eigenvalue weighted by molar-refractivity contribution is 0.0381. The molecule has 17 heavy (non-hydrogen) atoms. The fourth-order valence-electron chi connectivity index (χ4n) is 1.52. The highest BCUT2D eigenvalue weighted by atomic mass is 16.5. The Labute approximate surface area is 97.5 Å². The lowest BCUT2D eigenvalue weighted by Crippen LogP contribution is -2.37. The van der Waals surface area contributed by atoms with E-state index in [1.165, 1.54) is 12.4 Å². The van der Waals surface area contributed by atoms with Gasteiger partial charge in [-0.3, -0.25) is 0 Å². The molecule has 1 saturated heterocycles. The summed E-state index contributed by atoms with van der Waals surface area (Å²) in [7, 11) is 0. The third kappa shape index (κ3) is 2.89. The quantitative estimate of drug-likeness (QED) is 0.664. The topological polar surface area (TPSA) is 105 Å². The van der Waals surface area contributed by atoms with Gasteiger partial charge in [-0.1, -0.05) is 0 Å². The molecule has 0 bridgehead atoms. The van der Waals surface area contributed by atoms with Crippen LogP contribution in [0.5, 0.6) is 0 Å². The van der Waals surface area contributed by atoms with E-state index in [-0.39, 0.29) is 5.69 Å². The molecule has 1 aromatic rings. The molecule has 3 N–H and O–H groups in total. The number of nitrogens with one attached hydrogen (secondary N) is 1. The zero-order valence-corrected chi connectivity index (χ0v) is 9.09. The number of aromatic nitrogens is 2. The van der Waals surface area contributed by atoms with Crippen molar-refractivity contribution in [2.24, 2.45) is 0 Å². The van der Waals surface area contributed by atoms with Gasteiger partial charge in [-0.05, 0) is 0 Å². The predicted octanol–water partition coefficient (Wildman–Crippen LogP) is -0.262. The van der Waals surface area contributed by atoms with Gasteiger partial charge in [0.25, 0.3) is 0 Å². The first kappa shape index (κ1) is 11.7. The highest BCUT2D eigenvalue weighted by Gasteiger charge is 2.31. The molecule has 1 aliphatic rings. The third-order valence-electron chi connectivity index (χ3n) is 2.55. The summed E-state index contributed by atoms with van der Waals surface area (Å²) in [5, 5.41) is 21.5. The van der Waals surface area contributed by atoms with Crippen LogP contribution >= 0.6 is 0 Å². The first-order valence-electron chi connectivity index (χ1n) is 5.18. The van der Waals surface area contributed by atoms with Crippen LogP contribution in [-0.4, -0.2) is 51.5 Å². The van der Waals surface area contributed by atoms with E-state index in [9.17, 15) is 9.90 Å². The van der Waals surface area contributed by atoms with Crippen LogP contribution in [0.3, 0.4) is 0 Å². The number of ether oxygens (including phenoxy) is 1. The highest BCUT2D eigenvalue weighted by Crippen LogP contribution is 2.18. The standard InChI is InChI=1S/C10H13N3O4/c14-9(15)7-3-12-8(4-11-7)13-5-10(16)1-2-17-6-10/h3-4,16H,1-2,5-6H2,(H,12,13)(H,14,15). The lowest BCUT2D eigenvalue weighted by atomic mass is 10.0. The van der Waals surface area contributed by atoms with Crippen molar-refractivity contribution < 1.29 is 19.7 Å². The molecule has 1 unspecified atom stereocenters. The number of hydrogen-bond donors (Lipinski definition) is 3. The normalized spacial score (nSPS) is 23.6. The van der Waals surface area contributed by atoms with E-state index in [1.807, 2.05) is 0 Å². The molecule has 0 aromatic carbocycles. The Balaban J connectivity index is 1.93. The maximum absolute atomic E-state index is 10.6. The molecule has 7 nitrogen and oxygen atoms in total. The van der Waals surface area contributed by atoms with Gasteiger partial charge in [0.15, 0.2) is 5.69 Å². The summed E-state index contributed by atoms with van der Waals surface area (Å²) in [6, 6.07) is 0. The van der Waals surface area contributed by atoms with Gasteiger partial charge in [0.2, 0.25) is 0 Å². The van der Waals surface area contributed by atoms with E-state index in [1.54, 1.807) is 0 Å². The number of carbonyl (C=O) groups is 1. The molecule has 7 heteroatoms. The predicted molar refractivity (Wildman–Crippen MR) is 57.9 cm³/mol. The minimum absolute atomic E-state index is 0.113. The summed E-state index contributed by atoms with van der Waals surface area (Å²) >= 11 is 0. The maximum atomic E-state index is 10.6. The van der Waals surface area contributed by atoms with Crippen molar-refractivity contribution in [3.63, 3.8) is 0 Å². The van der Waals surface area contributed by atoms with Gasteiger partial charge in [0.05, 0.1) is 19.0 Å². The molecule has 0 radical (unpaired) electrons. The van der Waals surface area contributed by atoms with Crippen LogP contribution in [0.4, 0.5) is 5.82 Å². The fourth-order valence-corrected chi connectivity index (χ4v) is 1.52. The number of rotatable bonds is 4. The second-order valence-electron chi connectivity index (χ2n) is 3.97. The summed E-state index contributed by atoms with van der Waals surface area (Å²) in [5.41, 5.74) is -0.994. The zero-order chi connectivity index (χ0) is 12.3. The van der Waals surface area contributed by atoms with Gasteiger partial charge in [-0.2, -0.15) is 0 Å². The Hall–Kier alpha value is -1.73. The van der Waals surface area contributed by atoms with Gasteiger partial charge < -0.3 is 20.3 Å². The van der Waals surface area contributed by atoms with Crippen LogP contribution in [0.15, 0.2) is 12.4 Å². The number of carboxylic acid groups (broad SMARTS) is 1. The van der Waals surface area contributed by atoms with Crippen molar-refractivity contribution in [1.29, 1.82) is 0 Å². The Morgan fingerprint density at radius 3 is 2.88 bits per heavy atom. The molecule has 1 aliphatic heterocycles. The summed E-state index contributed by atoms with van der Waals surface area (Å²) in [4.78, 5) is 18.1. The van der Waals surface area contributed by atoms with Crippen molar-refractivity contribution in [2.75, 3.05) is 25.1 Å². The van der Waals surface area contributed by atoms with Crippen molar-refractivity contribution in [3.8, 4) is 0 Å². The van der Waals surface area contributed by atoms with Crippen LogP contribution in [0.25, 0.3) is 0 Å². The Morgan fingerprint density at radius 2 is 2.35 bits per heavy atom. The highest BCUT2D eigenvalue weighted by molar-refractivity contribution is 5.84. The monoisotopic (exact) mass is 239 g/mol. The van der Waals surface area contributed by atoms with Gasteiger partial charge in [0.1, 0.15) is 11.4 Å². The van der Waals surface area contributed by atoms with Crippen molar-refractivity contribution in [2.45, 2.75) is 12.0 Å². The third-order valence-corrected chi connectivity index (χ3v) is 2.55. The second kappa shape index (κ2) is 4.64. The molecule has 1 atom stereocenters. The maximum Gasteiger partial charge on any atom is 0.356 e. The van der Waals surface area contributed by atoms with Gasteiger partial charge >= 0.3 is 5.97 Å². The molecule has 0 saturated carbocycles. The SMILES string of the molecule is O=C(O)c1cnc(NCC2(O)CCOC2)cn1.